The summed E-state index contributed by atoms with van der Waals surface area (Å²) in [4.78, 5) is 20.0. The van der Waals surface area contributed by atoms with E-state index in [2.05, 4.69) is 5.10 Å². The van der Waals surface area contributed by atoms with Gasteiger partial charge in [0.25, 0.3) is 5.91 Å². The summed E-state index contributed by atoms with van der Waals surface area (Å²) in [5, 5.41) is 5.19. The van der Waals surface area contributed by atoms with Crippen LogP contribution in [0.15, 0.2) is 78.0 Å². The molecule has 166 valence electrons. The first-order valence-electron chi connectivity index (χ1n) is 10.4. The van der Waals surface area contributed by atoms with E-state index in [1.54, 1.807) is 31.4 Å². The van der Waals surface area contributed by atoms with Gasteiger partial charge < -0.3 is 9.47 Å². The minimum absolute atomic E-state index is 0.164. The molecule has 1 unspecified atom stereocenters. The van der Waals surface area contributed by atoms with E-state index in [0.29, 0.717) is 16.6 Å². The predicted molar refractivity (Wildman–Crippen MR) is 128 cm³/mol. The van der Waals surface area contributed by atoms with Gasteiger partial charge in [0.1, 0.15) is 23.4 Å². The van der Waals surface area contributed by atoms with Crippen LogP contribution in [0, 0.1) is 6.92 Å². The molecule has 3 heterocycles. The Morgan fingerprint density at radius 3 is 2.52 bits per heavy atom. The maximum absolute atomic E-state index is 13.2. The zero-order chi connectivity index (χ0) is 22.9. The average Bonchev–Trinajstić information content (AvgIpc) is 3.21. The minimum Gasteiger partial charge on any atom is -0.497 e. The summed E-state index contributed by atoms with van der Waals surface area (Å²) in [6.07, 6.45) is 7.62. The molecule has 8 heteroatoms. The number of amidine groups is 1. The third-order valence-electron chi connectivity index (χ3n) is 5.53. The molecule has 2 aliphatic rings. The summed E-state index contributed by atoms with van der Waals surface area (Å²) in [7, 11) is 1.64. The monoisotopic (exact) mass is 460 g/mol. The van der Waals surface area contributed by atoms with Crippen LogP contribution >= 0.6 is 11.6 Å². The number of aryl methyl sites for hydroxylation is 1. The number of aliphatic imine (C=N–C) groups is 1. The number of methoxy groups -OCH3 is 1. The molecule has 2 aliphatic heterocycles. The molecule has 0 saturated carbocycles. The normalized spacial score (nSPS) is 16.2. The highest BCUT2D eigenvalue weighted by Crippen LogP contribution is 2.41. The number of ether oxygens (including phenoxy) is 2. The number of anilines is 1. The van der Waals surface area contributed by atoms with E-state index in [9.17, 15) is 4.79 Å². The van der Waals surface area contributed by atoms with Crippen molar-refractivity contribution in [2.45, 2.75) is 13.0 Å². The summed E-state index contributed by atoms with van der Waals surface area (Å²) >= 11 is 5.93. The summed E-state index contributed by atoms with van der Waals surface area (Å²) in [6, 6.07) is 14.4. The van der Waals surface area contributed by atoms with Gasteiger partial charge in [-0.3, -0.25) is 14.7 Å². The maximum atomic E-state index is 13.2. The quantitative estimate of drug-likeness (QED) is 0.538. The first-order chi connectivity index (χ1) is 16.0. The average molecular weight is 461 g/mol. The van der Waals surface area contributed by atoms with Gasteiger partial charge in [0.05, 0.1) is 12.8 Å². The van der Waals surface area contributed by atoms with Gasteiger partial charge in [0.2, 0.25) is 0 Å². The zero-order valence-corrected chi connectivity index (χ0v) is 18.9. The Kier molecular flexibility index (Phi) is 5.48. The lowest BCUT2D eigenvalue weighted by Gasteiger charge is -2.31. The predicted octanol–water partition coefficient (Wildman–Crippen LogP) is 4.96. The van der Waals surface area contributed by atoms with Gasteiger partial charge in [-0.1, -0.05) is 29.8 Å². The summed E-state index contributed by atoms with van der Waals surface area (Å²) < 4.78 is 12.4. The van der Waals surface area contributed by atoms with E-state index >= 15 is 0 Å². The molecule has 0 spiro atoms. The lowest BCUT2D eigenvalue weighted by Crippen LogP contribution is -2.34. The lowest BCUT2D eigenvalue weighted by atomic mass is 9.96. The van der Waals surface area contributed by atoms with E-state index in [1.165, 1.54) is 4.68 Å². The van der Waals surface area contributed by atoms with E-state index in [0.717, 1.165) is 28.4 Å². The highest BCUT2D eigenvalue weighted by Gasteiger charge is 2.35. The lowest BCUT2D eigenvalue weighted by molar-refractivity contribution is 0.0823. The van der Waals surface area contributed by atoms with E-state index < -0.39 is 0 Å². The second-order valence-electron chi connectivity index (χ2n) is 7.60. The molecule has 0 fully saturated rings. The third kappa shape index (κ3) is 3.91. The molecule has 5 rings (SSSR count). The van der Waals surface area contributed by atoms with E-state index in [1.807, 2.05) is 60.5 Å². The summed E-state index contributed by atoms with van der Waals surface area (Å²) in [5.41, 5.74) is 2.60. The SMILES string of the molecule is COc1ccc(C2N=C3C=CC=CN3c3c2c(C)nn3C(=O)COc2ccc(Cl)cc2)cc1. The molecular weight excluding hydrogens is 440 g/mol. The van der Waals surface area contributed by atoms with Crippen LogP contribution in [-0.2, 0) is 0 Å². The van der Waals surface area contributed by atoms with E-state index in [4.69, 9.17) is 26.1 Å². The van der Waals surface area contributed by atoms with Crippen molar-refractivity contribution >= 4 is 29.2 Å². The number of carbonyl (C=O) groups is 1. The molecule has 0 bridgehead atoms. The van der Waals surface area contributed by atoms with Crippen molar-refractivity contribution in [3.63, 3.8) is 0 Å². The second-order valence-corrected chi connectivity index (χ2v) is 8.04. The van der Waals surface area contributed by atoms with Gasteiger partial charge in [0.15, 0.2) is 12.4 Å². The molecule has 3 aromatic rings. The first-order valence-corrected chi connectivity index (χ1v) is 10.8. The molecule has 0 amide bonds. The summed E-state index contributed by atoms with van der Waals surface area (Å²) in [6.45, 7) is 1.73. The number of halogens is 1. The fourth-order valence-corrected chi connectivity index (χ4v) is 4.06. The standard InChI is InChI=1S/C25H21ClN4O3/c1-16-23-24(17-6-10-19(32-2)11-7-17)27-21-5-3-4-14-29(21)25(23)30(28-16)22(31)15-33-20-12-8-18(26)9-13-20/h3-14,24H,15H2,1-2H3. The Labute approximate surface area is 196 Å². The second kappa shape index (κ2) is 8.60. The Bertz CT molecular complexity index is 1290. The molecule has 0 saturated heterocycles. The van der Waals surface area contributed by atoms with Crippen molar-refractivity contribution in [1.29, 1.82) is 0 Å². The number of carbonyl (C=O) groups excluding carboxylic acids is 1. The van der Waals surface area contributed by atoms with Crippen LogP contribution in [0.2, 0.25) is 5.02 Å². The number of nitrogens with zero attached hydrogens (tertiary/aromatic N) is 4. The Morgan fingerprint density at radius 2 is 1.79 bits per heavy atom. The minimum atomic E-state index is -0.299. The third-order valence-corrected chi connectivity index (χ3v) is 5.78. The number of fused-ring (bicyclic) bond motifs is 3. The maximum Gasteiger partial charge on any atom is 0.286 e. The number of rotatable bonds is 5. The topological polar surface area (TPSA) is 69.0 Å². The van der Waals surface area contributed by atoms with Gasteiger partial charge in [-0.2, -0.15) is 9.78 Å². The number of aromatic nitrogens is 2. The molecule has 33 heavy (non-hydrogen) atoms. The highest BCUT2D eigenvalue weighted by molar-refractivity contribution is 6.30. The molecule has 1 atom stereocenters. The van der Waals surface area contributed by atoms with Crippen molar-refractivity contribution in [3.05, 3.63) is 94.8 Å². The molecular formula is C25H21ClN4O3. The van der Waals surface area contributed by atoms with Gasteiger partial charge in [-0.15, -0.1) is 0 Å². The Morgan fingerprint density at radius 1 is 1.06 bits per heavy atom. The fourth-order valence-electron chi connectivity index (χ4n) is 3.93. The van der Waals surface area contributed by atoms with Crippen LogP contribution in [0.3, 0.4) is 0 Å². The van der Waals surface area contributed by atoms with Crippen LogP contribution in [0.4, 0.5) is 5.82 Å². The van der Waals surface area contributed by atoms with Crippen LogP contribution in [0.5, 0.6) is 11.5 Å². The largest absolute Gasteiger partial charge is 0.497 e. The summed E-state index contributed by atoms with van der Waals surface area (Å²) in [5.74, 6) is 2.45. The molecule has 2 aromatic carbocycles. The van der Waals surface area contributed by atoms with Crippen molar-refractivity contribution in [3.8, 4) is 11.5 Å². The molecule has 0 aliphatic carbocycles. The van der Waals surface area contributed by atoms with Crippen LogP contribution in [-0.4, -0.2) is 35.2 Å². The number of allylic oxidation sites excluding steroid dienone is 2. The fraction of sp³-hybridized carbons (Fsp3) is 0.160. The molecule has 1 aromatic heterocycles. The number of hydrogen-bond acceptors (Lipinski definition) is 6. The van der Waals surface area contributed by atoms with Crippen molar-refractivity contribution in [1.82, 2.24) is 9.78 Å². The van der Waals surface area contributed by atoms with Crippen LogP contribution in [0.1, 0.15) is 27.7 Å². The van der Waals surface area contributed by atoms with Crippen LogP contribution in [0.25, 0.3) is 0 Å². The molecule has 0 radical (unpaired) electrons. The van der Waals surface area contributed by atoms with Crippen molar-refractivity contribution in [2.24, 2.45) is 4.99 Å². The highest BCUT2D eigenvalue weighted by atomic mass is 35.5. The van der Waals surface area contributed by atoms with Crippen LogP contribution < -0.4 is 14.4 Å². The Balaban J connectivity index is 1.52. The van der Waals surface area contributed by atoms with Crippen molar-refractivity contribution in [2.75, 3.05) is 18.6 Å². The zero-order valence-electron chi connectivity index (χ0n) is 18.1. The molecule has 0 N–H and O–H groups in total. The van der Waals surface area contributed by atoms with Crippen molar-refractivity contribution < 1.29 is 14.3 Å². The van der Waals surface area contributed by atoms with Gasteiger partial charge in [-0.25, -0.2) is 0 Å². The number of hydrogen-bond donors (Lipinski definition) is 0. The van der Waals surface area contributed by atoms with Gasteiger partial charge in [0, 0.05) is 16.8 Å². The van der Waals surface area contributed by atoms with E-state index in [-0.39, 0.29) is 18.6 Å². The van der Waals surface area contributed by atoms with Gasteiger partial charge >= 0.3 is 0 Å². The first kappa shape index (κ1) is 21.0. The Hall–Kier alpha value is -3.84. The number of benzene rings is 2. The smallest absolute Gasteiger partial charge is 0.286 e. The van der Waals surface area contributed by atoms with Gasteiger partial charge in [-0.05, 0) is 61.0 Å². The molecule has 7 nitrogen and oxygen atoms in total.